The van der Waals surface area contributed by atoms with Crippen LogP contribution in [0.3, 0.4) is 0 Å². The molecule has 37 heavy (non-hydrogen) atoms. The third-order valence-electron chi connectivity index (χ3n) is 12.6. The van der Waals surface area contributed by atoms with Gasteiger partial charge in [0.2, 0.25) is 0 Å². The maximum Gasteiger partial charge on any atom is 0.325 e. The van der Waals surface area contributed by atoms with Crippen LogP contribution in [0.5, 0.6) is 0 Å². The molecule has 4 amide bonds. The van der Waals surface area contributed by atoms with Gasteiger partial charge in [-0.15, -0.1) is 0 Å². The lowest BCUT2D eigenvalue weighted by molar-refractivity contribution is -0.103. The largest absolute Gasteiger partial charge is 0.325 e. The molecule has 0 aromatic rings. The quantitative estimate of drug-likeness (QED) is 0.483. The predicted octanol–water partition coefficient (Wildman–Crippen LogP) is 5.79. The predicted molar refractivity (Wildman–Crippen MR) is 153 cm³/mol. The van der Waals surface area contributed by atoms with Crippen LogP contribution in [0.1, 0.15) is 108 Å². The Balaban J connectivity index is 1.93. The number of hydrogen-bond acceptors (Lipinski definition) is 4. The third kappa shape index (κ3) is 4.60. The van der Waals surface area contributed by atoms with Crippen molar-refractivity contribution in [2.24, 2.45) is 11.8 Å². The molecule has 7 nitrogen and oxygen atoms in total. The highest BCUT2D eigenvalue weighted by Crippen LogP contribution is 2.48. The Hall–Kier alpha value is -1.34. The van der Waals surface area contributed by atoms with Crippen LogP contribution in [-0.2, 0) is 0 Å². The summed E-state index contributed by atoms with van der Waals surface area (Å²) in [5, 5.41) is 2.83. The van der Waals surface area contributed by atoms with Gasteiger partial charge in [-0.2, -0.15) is 0 Å². The van der Waals surface area contributed by atoms with E-state index in [9.17, 15) is 9.59 Å². The standard InChI is InChI=1S/C30H57N5O2/c1-13-27(7)19-23(21(5)29(9,15-3)32(27)11)34-17-18-35(26(37)31-25(34)36)24-20-28(8,14-2)33(12)30(10,16-4)22(24)6/h21-24H,13-20H2,1-12H3,(H,31,36,37). The number of rotatable bonds is 6. The van der Waals surface area contributed by atoms with Gasteiger partial charge in [-0.25, -0.2) is 9.59 Å². The summed E-state index contributed by atoms with van der Waals surface area (Å²) < 4.78 is 0. The minimum atomic E-state index is -0.220. The number of likely N-dealkylation sites (tertiary alicyclic amines) is 2. The van der Waals surface area contributed by atoms with Gasteiger partial charge in [-0.3, -0.25) is 15.1 Å². The monoisotopic (exact) mass is 519 g/mol. The number of hydrogen-bond donors (Lipinski definition) is 1. The first kappa shape index (κ1) is 30.2. The lowest BCUT2D eigenvalue weighted by Gasteiger charge is -2.61. The van der Waals surface area contributed by atoms with Crippen LogP contribution in [0.15, 0.2) is 0 Å². The number of carbonyl (C=O) groups excluding carboxylic acids is 2. The van der Waals surface area contributed by atoms with Gasteiger partial charge in [0.05, 0.1) is 0 Å². The van der Waals surface area contributed by atoms with Crippen molar-refractivity contribution >= 4 is 12.1 Å². The Morgan fingerprint density at radius 3 is 1.27 bits per heavy atom. The van der Waals surface area contributed by atoms with Gasteiger partial charge < -0.3 is 9.80 Å². The van der Waals surface area contributed by atoms with E-state index in [1.54, 1.807) is 0 Å². The van der Waals surface area contributed by atoms with E-state index >= 15 is 0 Å². The molecule has 1 N–H and O–H groups in total. The summed E-state index contributed by atoms with van der Waals surface area (Å²) in [6, 6.07) is -0.253. The summed E-state index contributed by atoms with van der Waals surface area (Å²) in [6.07, 6.45) is 5.95. The molecule has 0 spiro atoms. The summed E-state index contributed by atoms with van der Waals surface area (Å²) in [6.45, 7) is 24.2. The molecular formula is C30H57N5O2. The van der Waals surface area contributed by atoms with Gasteiger partial charge in [0, 0.05) is 47.3 Å². The molecule has 0 aromatic carbocycles. The van der Waals surface area contributed by atoms with E-state index in [2.05, 4.69) is 98.4 Å². The maximum absolute atomic E-state index is 13.6. The lowest BCUT2D eigenvalue weighted by Crippen LogP contribution is -2.69. The summed E-state index contributed by atoms with van der Waals surface area (Å²) >= 11 is 0. The molecule has 3 saturated heterocycles. The topological polar surface area (TPSA) is 59.1 Å². The Morgan fingerprint density at radius 2 is 1.00 bits per heavy atom. The number of amides is 4. The Kier molecular flexibility index (Phi) is 8.43. The summed E-state index contributed by atoms with van der Waals surface area (Å²) in [7, 11) is 4.51. The zero-order valence-electron chi connectivity index (χ0n) is 26.1. The Labute approximate surface area is 227 Å². The third-order valence-corrected chi connectivity index (χ3v) is 12.6. The van der Waals surface area contributed by atoms with Crippen LogP contribution in [0.25, 0.3) is 0 Å². The number of nitrogens with one attached hydrogen (secondary N) is 1. The molecule has 7 heteroatoms. The number of piperidine rings is 2. The molecule has 3 aliphatic heterocycles. The van der Waals surface area contributed by atoms with E-state index in [1.807, 2.05) is 9.80 Å². The zero-order valence-corrected chi connectivity index (χ0v) is 26.1. The van der Waals surface area contributed by atoms with Crippen molar-refractivity contribution in [3.05, 3.63) is 0 Å². The van der Waals surface area contributed by atoms with E-state index in [-0.39, 0.29) is 46.3 Å². The molecule has 0 aromatic heterocycles. The van der Waals surface area contributed by atoms with Gasteiger partial charge in [-0.1, -0.05) is 41.5 Å². The Bertz CT molecular complexity index is 799. The molecule has 0 aliphatic carbocycles. The maximum atomic E-state index is 13.6. The fourth-order valence-electron chi connectivity index (χ4n) is 8.13. The molecule has 3 rings (SSSR count). The van der Waals surface area contributed by atoms with Gasteiger partial charge >= 0.3 is 12.1 Å². The van der Waals surface area contributed by atoms with Crippen LogP contribution < -0.4 is 5.32 Å². The normalized spacial score (nSPS) is 44.6. The number of imide groups is 1. The second-order valence-electron chi connectivity index (χ2n) is 13.5. The molecule has 0 saturated carbocycles. The number of nitrogens with zero attached hydrogens (tertiary/aromatic N) is 4. The second kappa shape index (κ2) is 10.3. The van der Waals surface area contributed by atoms with Crippen molar-refractivity contribution in [1.29, 1.82) is 0 Å². The molecule has 0 bridgehead atoms. The van der Waals surface area contributed by atoms with E-state index in [1.165, 1.54) is 0 Å². The van der Waals surface area contributed by atoms with E-state index in [0.29, 0.717) is 24.9 Å². The fraction of sp³-hybridized carbons (Fsp3) is 0.933. The van der Waals surface area contributed by atoms with Crippen molar-refractivity contribution in [2.75, 3.05) is 27.2 Å². The highest BCUT2D eigenvalue weighted by Gasteiger charge is 2.55. The smallest absolute Gasteiger partial charge is 0.319 e. The van der Waals surface area contributed by atoms with E-state index in [4.69, 9.17) is 0 Å². The fourth-order valence-corrected chi connectivity index (χ4v) is 8.13. The second-order valence-corrected chi connectivity index (χ2v) is 13.5. The molecular weight excluding hydrogens is 462 g/mol. The SMILES string of the molecule is CCC1(C)CC(N2CCN(C3CC(C)(CC)N(C)C(C)(CC)C3C)C(=O)NC2=O)C(C)C(C)(CC)N1C. The summed E-state index contributed by atoms with van der Waals surface area (Å²) in [5.41, 5.74) is -0.0181. The molecule has 3 fully saturated rings. The van der Waals surface area contributed by atoms with Crippen molar-refractivity contribution in [3.8, 4) is 0 Å². The first-order valence-electron chi connectivity index (χ1n) is 15.0. The molecule has 8 unspecified atom stereocenters. The summed E-state index contributed by atoms with van der Waals surface area (Å²) in [5.74, 6) is 0.590. The van der Waals surface area contributed by atoms with Gasteiger partial charge in [-0.05, 0) is 92.2 Å². The van der Waals surface area contributed by atoms with Crippen LogP contribution in [0, 0.1) is 11.8 Å². The first-order chi connectivity index (χ1) is 17.1. The average molecular weight is 520 g/mol. The molecule has 8 atom stereocenters. The van der Waals surface area contributed by atoms with Crippen molar-refractivity contribution in [2.45, 2.75) is 142 Å². The van der Waals surface area contributed by atoms with Gasteiger partial charge in [0.15, 0.2) is 0 Å². The first-order valence-corrected chi connectivity index (χ1v) is 15.0. The molecule has 3 aliphatic rings. The minimum absolute atomic E-state index is 0.00651. The highest BCUT2D eigenvalue weighted by molar-refractivity contribution is 5.94. The summed E-state index contributed by atoms with van der Waals surface area (Å²) in [4.78, 5) is 36.4. The van der Waals surface area contributed by atoms with Crippen LogP contribution in [0.4, 0.5) is 9.59 Å². The lowest BCUT2D eigenvalue weighted by atomic mass is 9.66. The zero-order chi connectivity index (χ0) is 28.1. The van der Waals surface area contributed by atoms with Gasteiger partial charge in [0.1, 0.15) is 0 Å². The van der Waals surface area contributed by atoms with E-state index < -0.39 is 0 Å². The van der Waals surface area contributed by atoms with Crippen LogP contribution >= 0.6 is 0 Å². The Morgan fingerprint density at radius 1 is 0.676 bits per heavy atom. The van der Waals surface area contributed by atoms with E-state index in [0.717, 1.165) is 38.5 Å². The highest BCUT2D eigenvalue weighted by atomic mass is 16.2. The number of urea groups is 2. The van der Waals surface area contributed by atoms with Crippen molar-refractivity contribution in [3.63, 3.8) is 0 Å². The molecule has 3 heterocycles. The van der Waals surface area contributed by atoms with Gasteiger partial charge in [0.25, 0.3) is 0 Å². The average Bonchev–Trinajstić information content (AvgIpc) is 3.03. The van der Waals surface area contributed by atoms with Crippen molar-refractivity contribution in [1.82, 2.24) is 24.9 Å². The number of carbonyl (C=O) groups is 2. The van der Waals surface area contributed by atoms with Crippen molar-refractivity contribution < 1.29 is 9.59 Å². The van der Waals surface area contributed by atoms with Crippen LogP contribution in [-0.4, -0.2) is 93.1 Å². The molecule has 214 valence electrons. The molecule has 0 radical (unpaired) electrons. The minimum Gasteiger partial charge on any atom is -0.319 e. The van der Waals surface area contributed by atoms with Crippen LogP contribution in [0.2, 0.25) is 0 Å².